The molecule has 7 atom stereocenters. The second-order valence-electron chi connectivity index (χ2n) is 11.7. The summed E-state index contributed by atoms with van der Waals surface area (Å²) >= 11 is 0. The summed E-state index contributed by atoms with van der Waals surface area (Å²) in [5.74, 6) is -2.35. The van der Waals surface area contributed by atoms with E-state index in [-0.39, 0.29) is 34.2 Å². The van der Waals surface area contributed by atoms with Gasteiger partial charge < -0.3 is 0 Å². The number of benzene rings is 1. The van der Waals surface area contributed by atoms with E-state index >= 15 is 0 Å². The van der Waals surface area contributed by atoms with Gasteiger partial charge in [0.1, 0.15) is 5.41 Å². The Kier molecular flexibility index (Phi) is 3.46. The van der Waals surface area contributed by atoms with Crippen molar-refractivity contribution >= 4 is 27.5 Å². The lowest BCUT2D eigenvalue weighted by atomic mass is 9.57. The number of Topliss-reactive ketones (excluding diaryl/α,β-unsaturated/α-hetero) is 2. The molecule has 5 aliphatic carbocycles. The van der Waals surface area contributed by atoms with Crippen LogP contribution in [0.25, 0.3) is 0 Å². The summed E-state index contributed by atoms with van der Waals surface area (Å²) in [6, 6.07) is 6.28. The molecule has 1 aliphatic heterocycles. The van der Waals surface area contributed by atoms with Crippen LogP contribution in [0.15, 0.2) is 36.4 Å². The van der Waals surface area contributed by atoms with Gasteiger partial charge in [0.15, 0.2) is 11.6 Å². The van der Waals surface area contributed by atoms with Gasteiger partial charge in [0.2, 0.25) is 10.0 Å². The number of sulfonamides is 1. The van der Waals surface area contributed by atoms with E-state index < -0.39 is 44.6 Å². The van der Waals surface area contributed by atoms with Crippen molar-refractivity contribution in [1.82, 2.24) is 4.31 Å². The zero-order valence-electron chi connectivity index (χ0n) is 18.8. The standard InChI is InChI=1S/C26H27NO5S/c1-24(2)15-9-10-25(24)13-33(31,32)27(19(25)12-15)23(30)26-16-8-7-14(11-16)20(26)21(28)17-5-3-4-6-18(17)22(26)29/h3-8,14-16,19-20H,9-13H2,1-2H3/t14-,15+,16+,19-,20+,25+,26-/m0/s1. The topological polar surface area (TPSA) is 88.6 Å². The molecule has 6 nitrogen and oxygen atoms in total. The van der Waals surface area contributed by atoms with Crippen LogP contribution in [0, 0.1) is 39.9 Å². The number of hydrogen-bond acceptors (Lipinski definition) is 5. The number of allylic oxidation sites excluding steroid dienone is 2. The Morgan fingerprint density at radius 2 is 1.79 bits per heavy atom. The van der Waals surface area contributed by atoms with Crippen molar-refractivity contribution in [2.24, 2.45) is 39.9 Å². The van der Waals surface area contributed by atoms with E-state index in [9.17, 15) is 22.8 Å². The highest BCUT2D eigenvalue weighted by Crippen LogP contribution is 2.71. The van der Waals surface area contributed by atoms with Crippen LogP contribution in [0.4, 0.5) is 0 Å². The van der Waals surface area contributed by atoms with E-state index in [1.54, 1.807) is 24.3 Å². The minimum atomic E-state index is -3.89. The second-order valence-corrected chi connectivity index (χ2v) is 13.5. The number of nitrogens with zero attached hydrogens (tertiary/aromatic N) is 1. The first kappa shape index (κ1) is 20.1. The second kappa shape index (κ2) is 5.68. The Balaban J connectivity index is 1.43. The van der Waals surface area contributed by atoms with Gasteiger partial charge in [0, 0.05) is 16.5 Å². The average molecular weight is 466 g/mol. The number of carbonyl (C=O) groups is 3. The molecule has 1 amide bonds. The monoisotopic (exact) mass is 465 g/mol. The Bertz CT molecular complexity index is 1310. The first-order valence-corrected chi connectivity index (χ1v) is 13.6. The summed E-state index contributed by atoms with van der Waals surface area (Å²) in [6.07, 6.45) is 6.78. The Labute approximate surface area is 193 Å². The summed E-state index contributed by atoms with van der Waals surface area (Å²) in [7, 11) is -3.89. The van der Waals surface area contributed by atoms with Gasteiger partial charge in [-0.25, -0.2) is 12.7 Å². The van der Waals surface area contributed by atoms with Gasteiger partial charge in [-0.1, -0.05) is 50.3 Å². The van der Waals surface area contributed by atoms with Crippen LogP contribution >= 0.6 is 0 Å². The van der Waals surface area contributed by atoms with E-state index in [0.717, 1.165) is 17.1 Å². The molecule has 0 radical (unpaired) electrons. The number of fused-ring (bicyclic) bond motifs is 7. The molecule has 6 aliphatic rings. The van der Waals surface area contributed by atoms with Crippen LogP contribution in [-0.4, -0.2) is 42.0 Å². The normalized spacial score (nSPS) is 44.8. The first-order valence-electron chi connectivity index (χ1n) is 12.0. The maximum atomic E-state index is 14.5. The zero-order chi connectivity index (χ0) is 23.1. The third kappa shape index (κ3) is 1.93. The number of rotatable bonds is 1. The van der Waals surface area contributed by atoms with Crippen LogP contribution < -0.4 is 0 Å². The van der Waals surface area contributed by atoms with Gasteiger partial charge >= 0.3 is 0 Å². The van der Waals surface area contributed by atoms with Crippen LogP contribution in [0.5, 0.6) is 0 Å². The van der Waals surface area contributed by atoms with Gasteiger partial charge in [-0.05, 0) is 48.9 Å². The van der Waals surface area contributed by atoms with Crippen molar-refractivity contribution in [3.05, 3.63) is 47.5 Å². The fourth-order valence-electron chi connectivity index (χ4n) is 9.00. The molecule has 4 fully saturated rings. The fourth-order valence-corrected chi connectivity index (χ4v) is 11.6. The zero-order valence-corrected chi connectivity index (χ0v) is 19.6. The van der Waals surface area contributed by atoms with Gasteiger partial charge in [-0.2, -0.15) is 0 Å². The van der Waals surface area contributed by atoms with E-state index in [0.29, 0.717) is 24.3 Å². The third-order valence-corrected chi connectivity index (χ3v) is 12.6. The highest BCUT2D eigenvalue weighted by molar-refractivity contribution is 7.90. The number of ketones is 2. The van der Waals surface area contributed by atoms with Crippen molar-refractivity contribution in [1.29, 1.82) is 0 Å². The maximum Gasteiger partial charge on any atom is 0.251 e. The van der Waals surface area contributed by atoms with Crippen molar-refractivity contribution in [2.75, 3.05) is 5.75 Å². The minimum absolute atomic E-state index is 0.0384. The molecule has 0 aromatic heterocycles. The summed E-state index contributed by atoms with van der Waals surface area (Å²) in [6.45, 7) is 4.28. The molecular weight excluding hydrogens is 438 g/mol. The SMILES string of the molecule is CC1(C)[C@@H]2CC[C@]13CS(=O)(=O)N(C(=O)[C@]14C(=O)c5ccccc5C(=O)[C@H]1[C@H]1C=C[C@@H]4C1)[C@H]3C2. The van der Waals surface area contributed by atoms with Crippen molar-refractivity contribution in [2.45, 2.75) is 45.6 Å². The van der Waals surface area contributed by atoms with Crippen LogP contribution in [-0.2, 0) is 14.8 Å². The maximum absolute atomic E-state index is 14.5. The van der Waals surface area contributed by atoms with Crippen LogP contribution in [0.2, 0.25) is 0 Å². The number of hydrogen-bond donors (Lipinski definition) is 0. The predicted molar refractivity (Wildman–Crippen MR) is 120 cm³/mol. The average Bonchev–Trinajstić information content (AvgIpc) is 3.52. The molecule has 1 spiro atoms. The first-order chi connectivity index (χ1) is 15.6. The Morgan fingerprint density at radius 3 is 2.52 bits per heavy atom. The smallest absolute Gasteiger partial charge is 0.251 e. The number of amides is 1. The molecule has 172 valence electrons. The summed E-state index contributed by atoms with van der Waals surface area (Å²) in [4.78, 5) is 42.3. The van der Waals surface area contributed by atoms with Crippen LogP contribution in [0.1, 0.15) is 60.2 Å². The van der Waals surface area contributed by atoms with E-state index in [4.69, 9.17) is 0 Å². The van der Waals surface area contributed by atoms with Gasteiger partial charge in [0.25, 0.3) is 5.91 Å². The molecule has 3 saturated carbocycles. The Hall–Kier alpha value is -2.28. The molecule has 33 heavy (non-hydrogen) atoms. The largest absolute Gasteiger partial charge is 0.294 e. The lowest BCUT2D eigenvalue weighted by Gasteiger charge is -2.45. The molecule has 0 N–H and O–H groups in total. The summed E-state index contributed by atoms with van der Waals surface area (Å²) in [5, 5.41) is 0. The van der Waals surface area contributed by atoms with Crippen molar-refractivity contribution in [3.8, 4) is 0 Å². The fraction of sp³-hybridized carbons (Fsp3) is 0.577. The highest BCUT2D eigenvalue weighted by atomic mass is 32.2. The van der Waals surface area contributed by atoms with Gasteiger partial charge in [0.05, 0.1) is 17.7 Å². The van der Waals surface area contributed by atoms with E-state index in [1.807, 2.05) is 12.2 Å². The lowest BCUT2D eigenvalue weighted by molar-refractivity contribution is -0.140. The van der Waals surface area contributed by atoms with Crippen molar-refractivity contribution < 1.29 is 22.8 Å². The molecule has 1 saturated heterocycles. The highest BCUT2D eigenvalue weighted by Gasteiger charge is 2.76. The van der Waals surface area contributed by atoms with E-state index in [1.165, 1.54) is 0 Å². The molecule has 1 heterocycles. The summed E-state index contributed by atoms with van der Waals surface area (Å²) < 4.78 is 28.4. The quantitative estimate of drug-likeness (QED) is 0.469. The predicted octanol–water partition coefficient (Wildman–Crippen LogP) is 3.24. The molecule has 4 bridgehead atoms. The van der Waals surface area contributed by atoms with Crippen LogP contribution in [0.3, 0.4) is 0 Å². The van der Waals surface area contributed by atoms with E-state index in [2.05, 4.69) is 13.8 Å². The molecular formula is C26H27NO5S. The minimum Gasteiger partial charge on any atom is -0.294 e. The van der Waals surface area contributed by atoms with Gasteiger partial charge in [-0.15, -0.1) is 0 Å². The summed E-state index contributed by atoms with van der Waals surface area (Å²) in [5.41, 5.74) is -1.67. The lowest BCUT2D eigenvalue weighted by Crippen LogP contribution is -2.61. The molecule has 1 aromatic rings. The molecule has 7 rings (SSSR count). The molecule has 7 heteroatoms. The Morgan fingerprint density at radius 1 is 1.06 bits per heavy atom. The van der Waals surface area contributed by atoms with Gasteiger partial charge in [-0.3, -0.25) is 14.4 Å². The third-order valence-electron chi connectivity index (χ3n) is 10.7. The van der Waals surface area contributed by atoms with Crippen molar-refractivity contribution in [3.63, 3.8) is 0 Å². The number of carbonyl (C=O) groups excluding carboxylic acids is 3. The molecule has 1 aromatic carbocycles. The molecule has 0 unspecified atom stereocenters.